The standard InChI is InChI=1S/C17H18N4O4/c22-17(20-8-12-1-2-14-15(7-12)24-11-23-14)21-6-3-13(10-21)25-16-9-18-4-5-19-16/h1-2,4-5,7,9,13H,3,6,8,10-11H2,(H,20,22)/t13-/m1/s1. The van der Waals surface area contributed by atoms with Crippen molar-refractivity contribution in [1.82, 2.24) is 20.2 Å². The molecule has 0 radical (unpaired) electrons. The van der Waals surface area contributed by atoms with E-state index in [1.165, 1.54) is 0 Å². The van der Waals surface area contributed by atoms with Crippen LogP contribution in [0.4, 0.5) is 4.79 Å². The molecule has 1 atom stereocenters. The molecule has 1 aromatic carbocycles. The van der Waals surface area contributed by atoms with Crippen LogP contribution in [0.3, 0.4) is 0 Å². The first-order valence-electron chi connectivity index (χ1n) is 8.12. The van der Waals surface area contributed by atoms with Crippen molar-refractivity contribution in [3.05, 3.63) is 42.4 Å². The molecule has 8 nitrogen and oxygen atoms in total. The van der Waals surface area contributed by atoms with Crippen molar-refractivity contribution < 1.29 is 19.0 Å². The van der Waals surface area contributed by atoms with Gasteiger partial charge in [0.1, 0.15) is 6.10 Å². The molecule has 130 valence electrons. The van der Waals surface area contributed by atoms with E-state index >= 15 is 0 Å². The molecule has 25 heavy (non-hydrogen) atoms. The molecular formula is C17H18N4O4. The van der Waals surface area contributed by atoms with Crippen LogP contribution >= 0.6 is 0 Å². The van der Waals surface area contributed by atoms with E-state index in [2.05, 4.69) is 15.3 Å². The highest BCUT2D eigenvalue weighted by Crippen LogP contribution is 2.32. The number of fused-ring (bicyclic) bond motifs is 1. The summed E-state index contributed by atoms with van der Waals surface area (Å²) in [6.45, 7) is 1.86. The summed E-state index contributed by atoms with van der Waals surface area (Å²) < 4.78 is 16.4. The Labute approximate surface area is 144 Å². The molecule has 0 saturated carbocycles. The van der Waals surface area contributed by atoms with E-state index in [0.717, 1.165) is 17.7 Å². The molecular weight excluding hydrogens is 324 g/mol. The van der Waals surface area contributed by atoms with Gasteiger partial charge in [-0.1, -0.05) is 6.07 Å². The maximum Gasteiger partial charge on any atom is 0.317 e. The molecule has 2 aliphatic heterocycles. The van der Waals surface area contributed by atoms with Gasteiger partial charge >= 0.3 is 6.03 Å². The summed E-state index contributed by atoms with van der Waals surface area (Å²) in [6.07, 6.45) is 5.46. The highest BCUT2D eigenvalue weighted by atomic mass is 16.7. The number of likely N-dealkylation sites (tertiary alicyclic amines) is 1. The zero-order chi connectivity index (χ0) is 17.1. The highest BCUT2D eigenvalue weighted by molar-refractivity contribution is 5.74. The average molecular weight is 342 g/mol. The van der Waals surface area contributed by atoms with Crippen LogP contribution in [0.15, 0.2) is 36.8 Å². The molecule has 1 N–H and O–H groups in total. The number of carbonyl (C=O) groups excluding carboxylic acids is 1. The van der Waals surface area contributed by atoms with Gasteiger partial charge in [-0.05, 0) is 17.7 Å². The molecule has 2 amide bonds. The van der Waals surface area contributed by atoms with E-state index in [-0.39, 0.29) is 18.9 Å². The molecule has 3 heterocycles. The van der Waals surface area contributed by atoms with Crippen molar-refractivity contribution in [1.29, 1.82) is 0 Å². The Bertz CT molecular complexity index is 756. The predicted molar refractivity (Wildman–Crippen MR) is 87.4 cm³/mol. The Balaban J connectivity index is 1.27. The van der Waals surface area contributed by atoms with E-state index in [9.17, 15) is 4.79 Å². The van der Waals surface area contributed by atoms with Crippen LogP contribution < -0.4 is 19.5 Å². The second-order valence-electron chi connectivity index (χ2n) is 5.86. The van der Waals surface area contributed by atoms with Gasteiger partial charge in [-0.15, -0.1) is 0 Å². The van der Waals surface area contributed by atoms with Crippen molar-refractivity contribution in [2.24, 2.45) is 0 Å². The fourth-order valence-corrected chi connectivity index (χ4v) is 2.87. The van der Waals surface area contributed by atoms with Gasteiger partial charge in [0.05, 0.1) is 12.7 Å². The van der Waals surface area contributed by atoms with Crippen molar-refractivity contribution in [3.8, 4) is 17.4 Å². The molecule has 0 unspecified atom stereocenters. The van der Waals surface area contributed by atoms with E-state index in [1.807, 2.05) is 18.2 Å². The Morgan fingerprint density at radius 3 is 3.12 bits per heavy atom. The van der Waals surface area contributed by atoms with Gasteiger partial charge < -0.3 is 24.4 Å². The second-order valence-corrected chi connectivity index (χ2v) is 5.86. The van der Waals surface area contributed by atoms with Crippen LogP contribution in [-0.2, 0) is 6.54 Å². The monoisotopic (exact) mass is 342 g/mol. The maximum absolute atomic E-state index is 12.3. The van der Waals surface area contributed by atoms with Gasteiger partial charge in [-0.25, -0.2) is 9.78 Å². The van der Waals surface area contributed by atoms with Crippen molar-refractivity contribution in [2.45, 2.75) is 19.1 Å². The average Bonchev–Trinajstić information content (AvgIpc) is 3.29. The lowest BCUT2D eigenvalue weighted by Crippen LogP contribution is -2.39. The highest BCUT2D eigenvalue weighted by Gasteiger charge is 2.27. The van der Waals surface area contributed by atoms with E-state index in [4.69, 9.17) is 14.2 Å². The number of aromatic nitrogens is 2. The molecule has 0 bridgehead atoms. The third-order valence-corrected chi connectivity index (χ3v) is 4.14. The minimum absolute atomic E-state index is 0.0620. The van der Waals surface area contributed by atoms with Gasteiger partial charge in [0, 0.05) is 31.9 Å². The summed E-state index contributed by atoms with van der Waals surface area (Å²) in [5.41, 5.74) is 0.962. The number of rotatable bonds is 4. The van der Waals surface area contributed by atoms with Gasteiger partial charge in [0.2, 0.25) is 12.7 Å². The van der Waals surface area contributed by atoms with Gasteiger partial charge in [0.15, 0.2) is 11.5 Å². The maximum atomic E-state index is 12.3. The van der Waals surface area contributed by atoms with Crippen LogP contribution in [0.1, 0.15) is 12.0 Å². The smallest absolute Gasteiger partial charge is 0.317 e. The lowest BCUT2D eigenvalue weighted by molar-refractivity contribution is 0.174. The molecule has 1 fully saturated rings. The molecule has 2 aromatic rings. The summed E-state index contributed by atoms with van der Waals surface area (Å²) in [4.78, 5) is 22.1. The number of nitrogens with zero attached hydrogens (tertiary/aromatic N) is 3. The predicted octanol–water partition coefficient (Wildman–Crippen LogP) is 1.57. The van der Waals surface area contributed by atoms with Gasteiger partial charge in [-0.3, -0.25) is 4.98 Å². The SMILES string of the molecule is O=C(NCc1ccc2c(c1)OCO2)N1CC[C@@H](Oc2cnccn2)C1. The van der Waals surface area contributed by atoms with E-state index in [1.54, 1.807) is 23.5 Å². The minimum Gasteiger partial charge on any atom is -0.471 e. The fraction of sp³-hybridized carbons (Fsp3) is 0.353. The van der Waals surface area contributed by atoms with Crippen LogP contribution in [0, 0.1) is 0 Å². The van der Waals surface area contributed by atoms with Crippen molar-refractivity contribution in [2.75, 3.05) is 19.9 Å². The fourth-order valence-electron chi connectivity index (χ4n) is 2.87. The second kappa shape index (κ2) is 6.84. The zero-order valence-electron chi connectivity index (χ0n) is 13.6. The Morgan fingerprint density at radius 1 is 1.32 bits per heavy atom. The lowest BCUT2D eigenvalue weighted by Gasteiger charge is -2.17. The summed E-state index contributed by atoms with van der Waals surface area (Å²) in [7, 11) is 0. The summed E-state index contributed by atoms with van der Waals surface area (Å²) >= 11 is 0. The largest absolute Gasteiger partial charge is 0.471 e. The van der Waals surface area contributed by atoms with Gasteiger partial charge in [-0.2, -0.15) is 0 Å². The summed E-state index contributed by atoms with van der Waals surface area (Å²) in [6, 6.07) is 5.54. The molecule has 1 saturated heterocycles. The van der Waals surface area contributed by atoms with Crippen LogP contribution in [0.25, 0.3) is 0 Å². The number of hydrogen-bond donors (Lipinski definition) is 1. The van der Waals surface area contributed by atoms with E-state index < -0.39 is 0 Å². The van der Waals surface area contributed by atoms with Gasteiger partial charge in [0.25, 0.3) is 0 Å². The van der Waals surface area contributed by atoms with Crippen LogP contribution in [-0.4, -0.2) is 46.9 Å². The van der Waals surface area contributed by atoms with E-state index in [0.29, 0.717) is 31.3 Å². The quantitative estimate of drug-likeness (QED) is 0.908. The number of amides is 2. The first-order chi connectivity index (χ1) is 12.3. The number of benzene rings is 1. The number of carbonyl (C=O) groups is 1. The number of nitrogens with one attached hydrogen (secondary N) is 1. The molecule has 0 aliphatic carbocycles. The first kappa shape index (κ1) is 15.5. The summed E-state index contributed by atoms with van der Waals surface area (Å²) in [5.74, 6) is 1.93. The Kier molecular flexibility index (Phi) is 4.24. The molecule has 4 rings (SSSR count). The number of ether oxygens (including phenoxy) is 3. The topological polar surface area (TPSA) is 85.8 Å². The Hall–Kier alpha value is -3.03. The third-order valence-electron chi connectivity index (χ3n) is 4.14. The number of hydrogen-bond acceptors (Lipinski definition) is 6. The summed E-state index contributed by atoms with van der Waals surface area (Å²) in [5, 5.41) is 2.92. The van der Waals surface area contributed by atoms with Crippen molar-refractivity contribution in [3.63, 3.8) is 0 Å². The Morgan fingerprint density at radius 2 is 2.24 bits per heavy atom. The van der Waals surface area contributed by atoms with Crippen LogP contribution in [0.2, 0.25) is 0 Å². The molecule has 1 aromatic heterocycles. The van der Waals surface area contributed by atoms with Crippen molar-refractivity contribution >= 4 is 6.03 Å². The molecule has 2 aliphatic rings. The van der Waals surface area contributed by atoms with Crippen LogP contribution in [0.5, 0.6) is 17.4 Å². The minimum atomic E-state index is -0.108. The lowest BCUT2D eigenvalue weighted by atomic mass is 10.2. The molecule has 8 heteroatoms. The zero-order valence-corrected chi connectivity index (χ0v) is 13.6. The number of urea groups is 1. The molecule has 0 spiro atoms. The normalized spacial score (nSPS) is 18.2. The first-order valence-corrected chi connectivity index (χ1v) is 8.12. The third kappa shape index (κ3) is 3.57.